The van der Waals surface area contributed by atoms with Crippen molar-refractivity contribution in [2.24, 2.45) is 5.73 Å². The van der Waals surface area contributed by atoms with Crippen molar-refractivity contribution in [3.8, 4) is 0 Å². The lowest BCUT2D eigenvalue weighted by molar-refractivity contribution is -0.142. The van der Waals surface area contributed by atoms with Gasteiger partial charge >= 0.3 is 5.97 Å². The number of ether oxygens (including phenoxy) is 1. The second kappa shape index (κ2) is 4.65. The molecule has 0 amide bonds. The van der Waals surface area contributed by atoms with E-state index in [-0.39, 0.29) is 0 Å². The van der Waals surface area contributed by atoms with Crippen molar-refractivity contribution >= 4 is 5.97 Å². The third-order valence-corrected chi connectivity index (χ3v) is 3.12. The predicted molar refractivity (Wildman–Crippen MR) is 58.8 cm³/mol. The highest BCUT2D eigenvalue weighted by atomic mass is 16.5. The van der Waals surface area contributed by atoms with Crippen LogP contribution in [-0.4, -0.2) is 28.9 Å². The average molecular weight is 223 g/mol. The van der Waals surface area contributed by atoms with Gasteiger partial charge in [0.2, 0.25) is 0 Å². The summed E-state index contributed by atoms with van der Waals surface area (Å²) in [6.45, 7) is 0.374. The number of carbonyl (C=O) groups is 1. The Labute approximate surface area is 94.6 Å². The van der Waals surface area contributed by atoms with E-state index < -0.39 is 12.0 Å². The molecule has 1 atom stereocenters. The van der Waals surface area contributed by atoms with Gasteiger partial charge in [0, 0.05) is 6.20 Å². The maximum Gasteiger partial charge on any atom is 0.324 e. The summed E-state index contributed by atoms with van der Waals surface area (Å²) in [5, 5.41) is 4.20. The van der Waals surface area contributed by atoms with Crippen molar-refractivity contribution in [3.05, 3.63) is 18.0 Å². The quantitative estimate of drug-likeness (QED) is 0.761. The Bertz CT molecular complexity index is 371. The molecule has 1 aromatic rings. The van der Waals surface area contributed by atoms with E-state index in [1.165, 1.54) is 31.9 Å². The van der Waals surface area contributed by atoms with Gasteiger partial charge in [0.05, 0.1) is 19.9 Å². The SMILES string of the molecule is COC(=O)C(N)Cn1cc(C2CCC2)cn1. The average Bonchev–Trinajstić information content (AvgIpc) is 2.62. The van der Waals surface area contributed by atoms with Crippen LogP contribution in [0.2, 0.25) is 0 Å². The number of rotatable bonds is 4. The highest BCUT2D eigenvalue weighted by molar-refractivity contribution is 5.75. The zero-order valence-electron chi connectivity index (χ0n) is 9.43. The Morgan fingerprint density at radius 2 is 2.50 bits per heavy atom. The smallest absolute Gasteiger partial charge is 0.324 e. The lowest BCUT2D eigenvalue weighted by Crippen LogP contribution is -2.35. The highest BCUT2D eigenvalue weighted by Gasteiger charge is 2.21. The maximum absolute atomic E-state index is 11.1. The standard InChI is InChI=1S/C11H17N3O2/c1-16-11(15)10(12)7-14-6-9(5-13-14)8-3-2-4-8/h5-6,8,10H,2-4,7,12H2,1H3. The van der Waals surface area contributed by atoms with Crippen molar-refractivity contribution < 1.29 is 9.53 Å². The van der Waals surface area contributed by atoms with Crippen LogP contribution < -0.4 is 5.73 Å². The molecule has 0 radical (unpaired) electrons. The zero-order chi connectivity index (χ0) is 11.5. The molecule has 16 heavy (non-hydrogen) atoms. The fourth-order valence-electron chi connectivity index (χ4n) is 1.86. The molecule has 1 aliphatic rings. The number of methoxy groups -OCH3 is 1. The van der Waals surface area contributed by atoms with E-state index in [0.717, 1.165) is 0 Å². The third kappa shape index (κ3) is 2.24. The van der Waals surface area contributed by atoms with E-state index in [4.69, 9.17) is 5.73 Å². The van der Waals surface area contributed by atoms with Gasteiger partial charge in [0.25, 0.3) is 0 Å². The summed E-state index contributed by atoms with van der Waals surface area (Å²) >= 11 is 0. The van der Waals surface area contributed by atoms with Crippen molar-refractivity contribution in [3.63, 3.8) is 0 Å². The molecular weight excluding hydrogens is 206 g/mol. The first-order valence-electron chi connectivity index (χ1n) is 5.56. The van der Waals surface area contributed by atoms with Crippen LogP contribution in [0.5, 0.6) is 0 Å². The summed E-state index contributed by atoms with van der Waals surface area (Å²) in [6, 6.07) is -0.640. The molecule has 2 N–H and O–H groups in total. The van der Waals surface area contributed by atoms with Crippen LogP contribution in [0.25, 0.3) is 0 Å². The van der Waals surface area contributed by atoms with Crippen LogP contribution in [0.4, 0.5) is 0 Å². The van der Waals surface area contributed by atoms with E-state index >= 15 is 0 Å². The molecule has 1 unspecified atom stereocenters. The topological polar surface area (TPSA) is 70.1 Å². The lowest BCUT2D eigenvalue weighted by Gasteiger charge is -2.23. The minimum Gasteiger partial charge on any atom is -0.468 e. The van der Waals surface area contributed by atoms with Gasteiger partial charge in [-0.05, 0) is 24.3 Å². The van der Waals surface area contributed by atoms with E-state index in [2.05, 4.69) is 9.84 Å². The Kier molecular flexibility index (Phi) is 3.24. The molecule has 1 saturated carbocycles. The molecule has 5 nitrogen and oxygen atoms in total. The lowest BCUT2D eigenvalue weighted by atomic mass is 9.81. The summed E-state index contributed by atoms with van der Waals surface area (Å²) in [5.74, 6) is 0.254. The Balaban J connectivity index is 1.94. The van der Waals surface area contributed by atoms with E-state index in [1.54, 1.807) is 4.68 Å². The maximum atomic E-state index is 11.1. The number of nitrogens with zero attached hydrogens (tertiary/aromatic N) is 2. The van der Waals surface area contributed by atoms with Crippen molar-refractivity contribution in [1.29, 1.82) is 0 Å². The Morgan fingerprint density at radius 3 is 3.06 bits per heavy atom. The van der Waals surface area contributed by atoms with Crippen LogP contribution in [-0.2, 0) is 16.1 Å². The molecule has 88 valence electrons. The molecule has 0 saturated heterocycles. The number of esters is 1. The fraction of sp³-hybridized carbons (Fsp3) is 0.636. The summed E-state index contributed by atoms with van der Waals surface area (Å²) in [6.07, 6.45) is 7.64. The first-order chi connectivity index (χ1) is 7.70. The number of hydrogen-bond donors (Lipinski definition) is 1. The molecule has 1 heterocycles. The molecule has 2 rings (SSSR count). The molecule has 0 aliphatic heterocycles. The van der Waals surface area contributed by atoms with Gasteiger partial charge in [-0.25, -0.2) is 0 Å². The second-order valence-corrected chi connectivity index (χ2v) is 4.25. The normalized spacial score (nSPS) is 17.9. The number of carbonyl (C=O) groups excluding carboxylic acids is 1. The first-order valence-corrected chi connectivity index (χ1v) is 5.56. The monoisotopic (exact) mass is 223 g/mol. The molecule has 0 aromatic carbocycles. The first kappa shape index (κ1) is 11.1. The molecular formula is C11H17N3O2. The van der Waals surface area contributed by atoms with Gasteiger partial charge in [-0.2, -0.15) is 5.10 Å². The van der Waals surface area contributed by atoms with Gasteiger partial charge in [-0.15, -0.1) is 0 Å². The zero-order valence-corrected chi connectivity index (χ0v) is 9.43. The second-order valence-electron chi connectivity index (χ2n) is 4.25. The van der Waals surface area contributed by atoms with E-state index in [1.807, 2.05) is 12.4 Å². The van der Waals surface area contributed by atoms with Gasteiger partial charge in [0.1, 0.15) is 6.04 Å². The fourth-order valence-corrected chi connectivity index (χ4v) is 1.86. The molecule has 1 aliphatic carbocycles. The van der Waals surface area contributed by atoms with Crippen LogP contribution >= 0.6 is 0 Å². The van der Waals surface area contributed by atoms with Crippen LogP contribution in [0.15, 0.2) is 12.4 Å². The van der Waals surface area contributed by atoms with Crippen LogP contribution in [0, 0.1) is 0 Å². The molecule has 1 fully saturated rings. The van der Waals surface area contributed by atoms with Gasteiger partial charge in [-0.3, -0.25) is 9.48 Å². The summed E-state index contributed by atoms with van der Waals surface area (Å²) in [5.41, 5.74) is 6.91. The summed E-state index contributed by atoms with van der Waals surface area (Å²) in [4.78, 5) is 11.1. The summed E-state index contributed by atoms with van der Waals surface area (Å²) < 4.78 is 6.28. The Hall–Kier alpha value is -1.36. The predicted octanol–water partition coefficient (Wildman–Crippen LogP) is 0.651. The van der Waals surface area contributed by atoms with Gasteiger partial charge < -0.3 is 10.5 Å². The van der Waals surface area contributed by atoms with Crippen LogP contribution in [0.1, 0.15) is 30.7 Å². The van der Waals surface area contributed by atoms with Crippen LogP contribution in [0.3, 0.4) is 0 Å². The number of aromatic nitrogens is 2. The minimum absolute atomic E-state index is 0.374. The van der Waals surface area contributed by atoms with Gasteiger partial charge in [0.15, 0.2) is 0 Å². The van der Waals surface area contributed by atoms with E-state index in [9.17, 15) is 4.79 Å². The Morgan fingerprint density at radius 1 is 1.75 bits per heavy atom. The number of nitrogens with two attached hydrogens (primary N) is 1. The molecule has 5 heteroatoms. The summed E-state index contributed by atoms with van der Waals surface area (Å²) in [7, 11) is 1.34. The molecule has 0 bridgehead atoms. The molecule has 0 spiro atoms. The third-order valence-electron chi connectivity index (χ3n) is 3.12. The van der Waals surface area contributed by atoms with Crippen molar-refractivity contribution in [2.45, 2.75) is 37.8 Å². The molecule has 1 aromatic heterocycles. The number of hydrogen-bond acceptors (Lipinski definition) is 4. The highest BCUT2D eigenvalue weighted by Crippen LogP contribution is 2.35. The minimum atomic E-state index is -0.640. The van der Waals surface area contributed by atoms with Gasteiger partial charge in [-0.1, -0.05) is 6.42 Å². The van der Waals surface area contributed by atoms with Crippen molar-refractivity contribution in [1.82, 2.24) is 9.78 Å². The van der Waals surface area contributed by atoms with E-state index in [0.29, 0.717) is 12.5 Å². The van der Waals surface area contributed by atoms with Crippen molar-refractivity contribution in [2.75, 3.05) is 7.11 Å². The largest absolute Gasteiger partial charge is 0.468 e.